The molecule has 0 atom stereocenters. The topological polar surface area (TPSA) is 48.7 Å². The molecule has 0 radical (unpaired) electrons. The van der Waals surface area contributed by atoms with E-state index in [9.17, 15) is 9.65 Å². The molecule has 21 heavy (non-hydrogen) atoms. The Labute approximate surface area is 121 Å². The lowest BCUT2D eigenvalue weighted by Gasteiger charge is -2.12. The predicted octanol–water partition coefficient (Wildman–Crippen LogP) is 4.30. The Kier molecular flexibility index (Phi) is 3.25. The van der Waals surface area contributed by atoms with Crippen LogP contribution in [0.3, 0.4) is 0 Å². The van der Waals surface area contributed by atoms with E-state index in [1.165, 1.54) is 18.3 Å². The molecule has 1 aromatic heterocycles. The van der Waals surface area contributed by atoms with Crippen molar-refractivity contribution in [2.75, 3.05) is 5.32 Å². The third-order valence-corrected chi connectivity index (χ3v) is 3.21. The number of nitrogens with one attached hydrogen (secondary N) is 1. The van der Waals surface area contributed by atoms with Crippen molar-refractivity contribution in [1.29, 1.82) is 5.26 Å². The number of benzene rings is 2. The van der Waals surface area contributed by atoms with Gasteiger partial charge in [-0.15, -0.1) is 0 Å². The zero-order valence-corrected chi connectivity index (χ0v) is 11.4. The number of fused-ring (bicyclic) bond motifs is 1. The van der Waals surface area contributed by atoms with Gasteiger partial charge in [0.1, 0.15) is 11.9 Å². The molecule has 0 spiro atoms. The number of nitriles is 1. The first-order chi connectivity index (χ1) is 10.2. The average Bonchev–Trinajstić information content (AvgIpc) is 2.46. The van der Waals surface area contributed by atoms with E-state index in [4.69, 9.17) is 0 Å². The quantitative estimate of drug-likeness (QED) is 0.759. The maximum Gasteiger partial charge on any atom is 0.125 e. The van der Waals surface area contributed by atoms with Gasteiger partial charge in [0.05, 0.1) is 16.8 Å². The summed E-state index contributed by atoms with van der Waals surface area (Å²) in [6.45, 7) is 1.82. The third kappa shape index (κ3) is 2.54. The van der Waals surface area contributed by atoms with Crippen LogP contribution in [-0.4, -0.2) is 4.98 Å². The second-order valence-corrected chi connectivity index (χ2v) is 4.82. The summed E-state index contributed by atoms with van der Waals surface area (Å²) in [5.41, 5.74) is 3.28. The lowest BCUT2D eigenvalue weighted by Crippen LogP contribution is -1.97. The molecule has 3 aromatic rings. The standard InChI is InChI=1S/C17H12FN3/c1-11-6-13(18)8-14(7-11)21-17-12(9-19)10-20-16-5-3-2-4-15(16)17/h2-8,10H,1H3,(H,20,21). The number of rotatable bonds is 2. The normalized spacial score (nSPS) is 10.3. The minimum atomic E-state index is -0.311. The Morgan fingerprint density at radius 1 is 1.19 bits per heavy atom. The molecule has 0 saturated carbocycles. The third-order valence-electron chi connectivity index (χ3n) is 3.21. The van der Waals surface area contributed by atoms with E-state index < -0.39 is 0 Å². The Morgan fingerprint density at radius 2 is 2.00 bits per heavy atom. The average molecular weight is 277 g/mol. The second-order valence-electron chi connectivity index (χ2n) is 4.82. The molecule has 0 amide bonds. The van der Waals surface area contributed by atoms with E-state index in [1.807, 2.05) is 37.3 Å². The van der Waals surface area contributed by atoms with Gasteiger partial charge in [0.25, 0.3) is 0 Å². The van der Waals surface area contributed by atoms with Crippen LogP contribution in [0.5, 0.6) is 0 Å². The van der Waals surface area contributed by atoms with Crippen LogP contribution < -0.4 is 5.32 Å². The van der Waals surface area contributed by atoms with Crippen molar-refractivity contribution in [3.63, 3.8) is 0 Å². The summed E-state index contributed by atoms with van der Waals surface area (Å²) in [6, 6.07) is 14.3. The molecule has 4 heteroatoms. The van der Waals surface area contributed by atoms with E-state index in [0.29, 0.717) is 16.9 Å². The van der Waals surface area contributed by atoms with Crippen LogP contribution >= 0.6 is 0 Å². The molecule has 0 aliphatic rings. The van der Waals surface area contributed by atoms with Crippen molar-refractivity contribution in [2.45, 2.75) is 6.92 Å². The number of para-hydroxylation sites is 1. The molecule has 1 N–H and O–H groups in total. The molecule has 0 aliphatic carbocycles. The SMILES string of the molecule is Cc1cc(F)cc(Nc2c(C#N)cnc3ccccc23)c1. The Hall–Kier alpha value is -2.93. The molecule has 0 aliphatic heterocycles. The van der Waals surface area contributed by atoms with Gasteiger partial charge in [0, 0.05) is 17.3 Å². The maximum atomic E-state index is 13.5. The fourth-order valence-electron chi connectivity index (χ4n) is 2.31. The van der Waals surface area contributed by atoms with Gasteiger partial charge >= 0.3 is 0 Å². The lowest BCUT2D eigenvalue weighted by atomic mass is 10.1. The first-order valence-corrected chi connectivity index (χ1v) is 6.49. The van der Waals surface area contributed by atoms with E-state index >= 15 is 0 Å². The molecule has 0 saturated heterocycles. The number of anilines is 2. The Morgan fingerprint density at radius 3 is 2.76 bits per heavy atom. The highest BCUT2D eigenvalue weighted by Gasteiger charge is 2.09. The smallest absolute Gasteiger partial charge is 0.125 e. The van der Waals surface area contributed by atoms with Crippen LogP contribution in [0.4, 0.5) is 15.8 Å². The van der Waals surface area contributed by atoms with Gasteiger partial charge in [0.15, 0.2) is 0 Å². The molecule has 102 valence electrons. The van der Waals surface area contributed by atoms with Crippen molar-refractivity contribution in [1.82, 2.24) is 4.98 Å². The summed E-state index contributed by atoms with van der Waals surface area (Å²) in [6.07, 6.45) is 1.52. The second kappa shape index (κ2) is 5.22. The summed E-state index contributed by atoms with van der Waals surface area (Å²) in [5, 5.41) is 13.2. The predicted molar refractivity (Wildman–Crippen MR) is 80.9 cm³/mol. The molecule has 3 rings (SSSR count). The highest BCUT2D eigenvalue weighted by molar-refractivity contribution is 5.95. The minimum absolute atomic E-state index is 0.311. The van der Waals surface area contributed by atoms with E-state index in [0.717, 1.165) is 16.5 Å². The fraction of sp³-hybridized carbons (Fsp3) is 0.0588. The van der Waals surface area contributed by atoms with Crippen molar-refractivity contribution in [3.8, 4) is 6.07 Å². The Balaban J connectivity index is 2.17. The number of hydrogen-bond donors (Lipinski definition) is 1. The number of halogens is 1. The molecule has 1 heterocycles. The van der Waals surface area contributed by atoms with Crippen molar-refractivity contribution < 1.29 is 4.39 Å². The maximum absolute atomic E-state index is 13.5. The molecule has 0 unspecified atom stereocenters. The zero-order valence-electron chi connectivity index (χ0n) is 11.4. The van der Waals surface area contributed by atoms with Crippen LogP contribution in [0.2, 0.25) is 0 Å². The van der Waals surface area contributed by atoms with Crippen LogP contribution in [0.25, 0.3) is 10.9 Å². The molecular weight excluding hydrogens is 265 g/mol. The molecule has 0 fully saturated rings. The lowest BCUT2D eigenvalue weighted by molar-refractivity contribution is 0.627. The zero-order chi connectivity index (χ0) is 14.8. The van der Waals surface area contributed by atoms with Crippen molar-refractivity contribution in [3.05, 3.63) is 65.6 Å². The summed E-state index contributed by atoms with van der Waals surface area (Å²) < 4.78 is 13.5. The van der Waals surface area contributed by atoms with Crippen molar-refractivity contribution >= 4 is 22.3 Å². The summed E-state index contributed by atoms with van der Waals surface area (Å²) in [5.74, 6) is -0.311. The molecule has 2 aromatic carbocycles. The van der Waals surface area contributed by atoms with E-state index in [-0.39, 0.29) is 5.82 Å². The monoisotopic (exact) mass is 277 g/mol. The highest BCUT2D eigenvalue weighted by atomic mass is 19.1. The van der Waals surface area contributed by atoms with Crippen LogP contribution in [0.1, 0.15) is 11.1 Å². The van der Waals surface area contributed by atoms with Crippen LogP contribution in [-0.2, 0) is 0 Å². The van der Waals surface area contributed by atoms with Crippen LogP contribution in [0.15, 0.2) is 48.7 Å². The highest BCUT2D eigenvalue weighted by Crippen LogP contribution is 2.29. The van der Waals surface area contributed by atoms with Crippen molar-refractivity contribution in [2.24, 2.45) is 0 Å². The number of hydrogen-bond acceptors (Lipinski definition) is 3. The van der Waals surface area contributed by atoms with Crippen LogP contribution in [0, 0.1) is 24.1 Å². The van der Waals surface area contributed by atoms with Gasteiger partial charge in [-0.05, 0) is 36.8 Å². The fourth-order valence-corrected chi connectivity index (χ4v) is 2.31. The first-order valence-electron chi connectivity index (χ1n) is 6.49. The summed E-state index contributed by atoms with van der Waals surface area (Å²) in [7, 11) is 0. The Bertz CT molecular complexity index is 845. The van der Waals surface area contributed by atoms with Gasteiger partial charge in [-0.1, -0.05) is 18.2 Å². The van der Waals surface area contributed by atoms with Gasteiger partial charge in [-0.25, -0.2) is 4.39 Å². The number of aromatic nitrogens is 1. The number of nitrogens with zero attached hydrogens (tertiary/aromatic N) is 2. The minimum Gasteiger partial charge on any atom is -0.354 e. The summed E-state index contributed by atoms with van der Waals surface area (Å²) in [4.78, 5) is 4.25. The molecule has 3 nitrogen and oxygen atoms in total. The van der Waals surface area contributed by atoms with Gasteiger partial charge in [-0.3, -0.25) is 4.98 Å². The largest absolute Gasteiger partial charge is 0.354 e. The van der Waals surface area contributed by atoms with E-state index in [1.54, 1.807) is 0 Å². The number of pyridine rings is 1. The van der Waals surface area contributed by atoms with E-state index in [2.05, 4.69) is 16.4 Å². The number of aryl methyl sites for hydroxylation is 1. The van der Waals surface area contributed by atoms with Gasteiger partial charge < -0.3 is 5.32 Å². The molecular formula is C17H12FN3. The van der Waals surface area contributed by atoms with Gasteiger partial charge in [-0.2, -0.15) is 5.26 Å². The summed E-state index contributed by atoms with van der Waals surface area (Å²) >= 11 is 0. The molecule has 0 bridgehead atoms. The van der Waals surface area contributed by atoms with Gasteiger partial charge in [0.2, 0.25) is 0 Å². The first kappa shape index (κ1) is 13.1.